The van der Waals surface area contributed by atoms with Crippen molar-refractivity contribution in [2.75, 3.05) is 13.2 Å². The molecule has 0 radical (unpaired) electrons. The molecular weight excluding hydrogens is 178 g/mol. The Labute approximate surface area is 84.4 Å². The van der Waals surface area contributed by atoms with Crippen molar-refractivity contribution in [3.05, 3.63) is 24.0 Å². The second-order valence-electron chi connectivity index (χ2n) is 4.14. The van der Waals surface area contributed by atoms with E-state index in [0.29, 0.717) is 6.54 Å². The van der Waals surface area contributed by atoms with Crippen molar-refractivity contribution in [2.24, 2.45) is 5.41 Å². The van der Waals surface area contributed by atoms with Crippen LogP contribution in [0.25, 0.3) is 0 Å². The topological polar surface area (TPSA) is 58.0 Å². The summed E-state index contributed by atoms with van der Waals surface area (Å²) < 4.78 is 0. The first kappa shape index (κ1) is 11.1. The summed E-state index contributed by atoms with van der Waals surface area (Å²) in [6, 6.07) is 3.78. The number of hydrogen-bond donors (Lipinski definition) is 2. The van der Waals surface area contributed by atoms with Crippen LogP contribution < -0.4 is 5.32 Å². The van der Waals surface area contributed by atoms with Gasteiger partial charge in [0.1, 0.15) is 0 Å². The summed E-state index contributed by atoms with van der Waals surface area (Å²) in [6.07, 6.45) is 1.65. The zero-order chi connectivity index (χ0) is 10.4. The number of aliphatic hydroxyl groups excluding tert-OH is 1. The average Bonchev–Trinajstić information content (AvgIpc) is 2.19. The summed E-state index contributed by atoms with van der Waals surface area (Å²) in [5, 5.41) is 20.0. The van der Waals surface area contributed by atoms with Gasteiger partial charge in [0.2, 0.25) is 0 Å². The van der Waals surface area contributed by atoms with Gasteiger partial charge in [-0.1, -0.05) is 13.8 Å². The molecule has 0 amide bonds. The molecule has 0 bridgehead atoms. The third-order valence-corrected chi connectivity index (χ3v) is 1.97. The number of hydrogen-bond acceptors (Lipinski definition) is 4. The van der Waals surface area contributed by atoms with Gasteiger partial charge in [0, 0.05) is 31.3 Å². The van der Waals surface area contributed by atoms with Crippen LogP contribution in [0.2, 0.25) is 0 Å². The van der Waals surface area contributed by atoms with Crippen molar-refractivity contribution >= 4 is 0 Å². The molecule has 1 aromatic rings. The van der Waals surface area contributed by atoms with Gasteiger partial charge in [-0.3, -0.25) is 0 Å². The molecule has 1 rings (SSSR count). The number of nitrogens with zero attached hydrogens (tertiary/aromatic N) is 2. The second-order valence-corrected chi connectivity index (χ2v) is 4.14. The van der Waals surface area contributed by atoms with Gasteiger partial charge in [-0.25, -0.2) is 0 Å². The first-order chi connectivity index (χ1) is 6.64. The Balaban J connectivity index is 2.29. The molecule has 78 valence electrons. The van der Waals surface area contributed by atoms with Crippen LogP contribution in [0.15, 0.2) is 18.3 Å². The Kier molecular flexibility index (Phi) is 3.98. The summed E-state index contributed by atoms with van der Waals surface area (Å²) in [5.74, 6) is 0. The van der Waals surface area contributed by atoms with Gasteiger partial charge in [0.25, 0.3) is 0 Å². The van der Waals surface area contributed by atoms with Crippen molar-refractivity contribution in [1.82, 2.24) is 15.5 Å². The Morgan fingerprint density at radius 2 is 2.29 bits per heavy atom. The highest BCUT2D eigenvalue weighted by Crippen LogP contribution is 2.11. The summed E-state index contributed by atoms with van der Waals surface area (Å²) in [5.41, 5.74) is 0.837. The highest BCUT2D eigenvalue weighted by molar-refractivity contribution is 4.98. The summed E-state index contributed by atoms with van der Waals surface area (Å²) in [4.78, 5) is 0. The van der Waals surface area contributed by atoms with Crippen molar-refractivity contribution < 1.29 is 5.11 Å². The zero-order valence-electron chi connectivity index (χ0n) is 8.70. The fourth-order valence-corrected chi connectivity index (χ4v) is 1.01. The Morgan fingerprint density at radius 1 is 1.50 bits per heavy atom. The van der Waals surface area contributed by atoms with E-state index in [-0.39, 0.29) is 12.0 Å². The monoisotopic (exact) mass is 195 g/mol. The van der Waals surface area contributed by atoms with Crippen LogP contribution in [0.4, 0.5) is 0 Å². The molecule has 1 heterocycles. The molecule has 0 atom stereocenters. The van der Waals surface area contributed by atoms with Gasteiger partial charge < -0.3 is 10.4 Å². The molecule has 4 nitrogen and oxygen atoms in total. The number of rotatable bonds is 5. The largest absolute Gasteiger partial charge is 0.396 e. The van der Waals surface area contributed by atoms with Crippen LogP contribution in [-0.2, 0) is 6.54 Å². The van der Waals surface area contributed by atoms with Crippen LogP contribution in [0.1, 0.15) is 19.5 Å². The normalized spacial score (nSPS) is 11.6. The molecule has 0 aromatic carbocycles. The molecule has 0 aliphatic heterocycles. The molecule has 0 saturated heterocycles. The Hall–Kier alpha value is -1.00. The molecule has 0 aliphatic carbocycles. The summed E-state index contributed by atoms with van der Waals surface area (Å²) in [6.45, 7) is 5.66. The second kappa shape index (κ2) is 5.02. The Morgan fingerprint density at radius 3 is 2.86 bits per heavy atom. The smallest absolute Gasteiger partial charge is 0.0768 e. The number of aliphatic hydroxyl groups is 1. The minimum atomic E-state index is -0.0811. The van der Waals surface area contributed by atoms with Gasteiger partial charge in [0.05, 0.1) is 5.69 Å². The minimum Gasteiger partial charge on any atom is -0.396 e. The van der Waals surface area contributed by atoms with E-state index in [1.165, 1.54) is 0 Å². The van der Waals surface area contributed by atoms with E-state index in [1.807, 2.05) is 26.0 Å². The lowest BCUT2D eigenvalue weighted by molar-refractivity contribution is 0.156. The predicted octanol–water partition coefficient (Wildman–Crippen LogP) is 0.585. The Bertz CT molecular complexity index is 261. The highest BCUT2D eigenvalue weighted by Gasteiger charge is 2.15. The van der Waals surface area contributed by atoms with Gasteiger partial charge >= 0.3 is 0 Å². The fraction of sp³-hybridized carbons (Fsp3) is 0.600. The van der Waals surface area contributed by atoms with Crippen LogP contribution >= 0.6 is 0 Å². The third kappa shape index (κ3) is 3.81. The van der Waals surface area contributed by atoms with Crippen LogP contribution in [-0.4, -0.2) is 28.5 Å². The first-order valence-electron chi connectivity index (χ1n) is 4.72. The molecule has 1 aromatic heterocycles. The van der Waals surface area contributed by atoms with Crippen molar-refractivity contribution in [3.63, 3.8) is 0 Å². The van der Waals surface area contributed by atoms with E-state index in [9.17, 15) is 0 Å². The molecule has 2 N–H and O–H groups in total. The lowest BCUT2D eigenvalue weighted by atomic mass is 9.95. The fourth-order valence-electron chi connectivity index (χ4n) is 1.01. The van der Waals surface area contributed by atoms with E-state index in [1.54, 1.807) is 6.20 Å². The molecule has 14 heavy (non-hydrogen) atoms. The van der Waals surface area contributed by atoms with Crippen LogP contribution in [0.3, 0.4) is 0 Å². The lowest BCUT2D eigenvalue weighted by Crippen LogP contribution is -2.32. The molecule has 0 spiro atoms. The minimum absolute atomic E-state index is 0.0811. The summed E-state index contributed by atoms with van der Waals surface area (Å²) >= 11 is 0. The molecule has 0 fully saturated rings. The van der Waals surface area contributed by atoms with E-state index >= 15 is 0 Å². The maximum Gasteiger partial charge on any atom is 0.0768 e. The van der Waals surface area contributed by atoms with E-state index < -0.39 is 0 Å². The molecular formula is C10H17N3O. The maximum atomic E-state index is 9.02. The maximum absolute atomic E-state index is 9.02. The molecule has 0 unspecified atom stereocenters. The molecule has 0 aliphatic rings. The SMILES string of the molecule is CC(C)(CO)CNCc1cccnn1. The quantitative estimate of drug-likeness (QED) is 0.721. The molecule has 4 heteroatoms. The number of aromatic nitrogens is 2. The van der Waals surface area contributed by atoms with Crippen molar-refractivity contribution in [3.8, 4) is 0 Å². The van der Waals surface area contributed by atoms with Gasteiger partial charge in [0.15, 0.2) is 0 Å². The summed E-state index contributed by atoms with van der Waals surface area (Å²) in [7, 11) is 0. The molecule has 0 saturated carbocycles. The van der Waals surface area contributed by atoms with Gasteiger partial charge in [-0.05, 0) is 12.1 Å². The van der Waals surface area contributed by atoms with Crippen molar-refractivity contribution in [1.29, 1.82) is 0 Å². The van der Waals surface area contributed by atoms with E-state index in [4.69, 9.17) is 5.11 Å². The van der Waals surface area contributed by atoms with Crippen LogP contribution in [0.5, 0.6) is 0 Å². The first-order valence-corrected chi connectivity index (χ1v) is 4.72. The van der Waals surface area contributed by atoms with Crippen LogP contribution in [0, 0.1) is 5.41 Å². The van der Waals surface area contributed by atoms with Crippen molar-refractivity contribution in [2.45, 2.75) is 20.4 Å². The standard InChI is InChI=1S/C10H17N3O/c1-10(2,8-14)7-11-6-9-4-3-5-12-13-9/h3-5,11,14H,6-8H2,1-2H3. The van der Waals surface area contributed by atoms with Gasteiger partial charge in [-0.2, -0.15) is 10.2 Å². The number of nitrogens with one attached hydrogen (secondary N) is 1. The average molecular weight is 195 g/mol. The van der Waals surface area contributed by atoms with Gasteiger partial charge in [-0.15, -0.1) is 0 Å². The predicted molar refractivity (Wildman–Crippen MR) is 54.6 cm³/mol. The van der Waals surface area contributed by atoms with E-state index in [2.05, 4.69) is 15.5 Å². The third-order valence-electron chi connectivity index (χ3n) is 1.97. The lowest BCUT2D eigenvalue weighted by Gasteiger charge is -2.21. The zero-order valence-corrected chi connectivity index (χ0v) is 8.70. The van der Waals surface area contributed by atoms with E-state index in [0.717, 1.165) is 12.2 Å². The highest BCUT2D eigenvalue weighted by atomic mass is 16.3.